The van der Waals surface area contributed by atoms with E-state index in [4.69, 9.17) is 0 Å². The molecule has 0 unspecified atom stereocenters. The van der Waals surface area contributed by atoms with Gasteiger partial charge in [-0.05, 0) is 13.0 Å². The predicted molar refractivity (Wildman–Crippen MR) is 84.1 cm³/mol. The van der Waals surface area contributed by atoms with E-state index in [9.17, 15) is 15.0 Å². The van der Waals surface area contributed by atoms with Crippen LogP contribution in [0.3, 0.4) is 0 Å². The molecule has 0 bridgehead atoms. The van der Waals surface area contributed by atoms with Gasteiger partial charge in [-0.25, -0.2) is 0 Å². The molecule has 0 radical (unpaired) electrons. The quantitative estimate of drug-likeness (QED) is 0.561. The average molecular weight is 300 g/mol. The summed E-state index contributed by atoms with van der Waals surface area (Å²) in [6, 6.07) is -0.365. The molecule has 0 spiro atoms. The second-order valence-corrected chi connectivity index (χ2v) is 6.25. The van der Waals surface area contributed by atoms with Crippen LogP contribution in [0, 0.1) is 0 Å². The van der Waals surface area contributed by atoms with Crippen molar-refractivity contribution in [2.24, 2.45) is 0 Å². The Morgan fingerprint density at radius 2 is 1.71 bits per heavy atom. The van der Waals surface area contributed by atoms with Crippen molar-refractivity contribution < 1.29 is 15.0 Å². The summed E-state index contributed by atoms with van der Waals surface area (Å²) in [5.74, 6) is -0.163. The molecular formula is C16H32N2O3. The van der Waals surface area contributed by atoms with Gasteiger partial charge >= 0.3 is 0 Å². The topological polar surface area (TPSA) is 72.8 Å². The van der Waals surface area contributed by atoms with Crippen molar-refractivity contribution >= 4 is 5.91 Å². The Hall–Kier alpha value is -0.650. The summed E-state index contributed by atoms with van der Waals surface area (Å²) in [6.45, 7) is 5.70. The minimum atomic E-state index is -0.862. The summed E-state index contributed by atoms with van der Waals surface area (Å²) in [5.41, 5.74) is 0. The Kier molecular flexibility index (Phi) is 8.88. The zero-order chi connectivity index (χ0) is 15.7. The highest BCUT2D eigenvalue weighted by Gasteiger charge is 2.34. The molecule has 3 N–H and O–H groups in total. The summed E-state index contributed by atoms with van der Waals surface area (Å²) in [6.07, 6.45) is 7.20. The first kappa shape index (κ1) is 18.4. The van der Waals surface area contributed by atoms with Crippen LogP contribution < -0.4 is 5.32 Å². The molecule has 0 saturated carbocycles. The SMILES string of the molecule is CCCCCCCCCN1C[C@H](O)[C@@H](O)[C@H](NC(C)=O)C1. The number of β-amino-alcohol motifs (C(OH)–C–C–N with tert-alkyl or cyclic N) is 1. The molecule has 1 heterocycles. The number of aliphatic hydroxyl groups is 2. The van der Waals surface area contributed by atoms with Crippen LogP contribution in [0.25, 0.3) is 0 Å². The summed E-state index contributed by atoms with van der Waals surface area (Å²) in [5, 5.41) is 22.5. The lowest BCUT2D eigenvalue weighted by atomic mass is 9.99. The first-order valence-electron chi connectivity index (χ1n) is 8.40. The van der Waals surface area contributed by atoms with E-state index in [0.717, 1.165) is 13.0 Å². The number of aliphatic hydroxyl groups excluding tert-OH is 2. The summed E-state index contributed by atoms with van der Waals surface area (Å²) in [4.78, 5) is 13.3. The number of nitrogens with one attached hydrogen (secondary N) is 1. The van der Waals surface area contributed by atoms with E-state index in [-0.39, 0.29) is 11.9 Å². The fourth-order valence-electron chi connectivity index (χ4n) is 2.97. The smallest absolute Gasteiger partial charge is 0.217 e. The van der Waals surface area contributed by atoms with Crippen LogP contribution in [0.15, 0.2) is 0 Å². The minimum Gasteiger partial charge on any atom is -0.389 e. The van der Waals surface area contributed by atoms with Crippen molar-refractivity contribution in [3.05, 3.63) is 0 Å². The van der Waals surface area contributed by atoms with Gasteiger partial charge in [0.05, 0.1) is 12.1 Å². The molecule has 5 nitrogen and oxygen atoms in total. The minimum absolute atomic E-state index is 0.163. The Balaban J connectivity index is 2.20. The molecular weight excluding hydrogens is 268 g/mol. The van der Waals surface area contributed by atoms with Crippen LogP contribution in [-0.2, 0) is 4.79 Å². The van der Waals surface area contributed by atoms with Crippen molar-refractivity contribution in [2.75, 3.05) is 19.6 Å². The molecule has 124 valence electrons. The number of unbranched alkanes of at least 4 members (excludes halogenated alkanes) is 6. The molecule has 0 aliphatic carbocycles. The lowest BCUT2D eigenvalue weighted by molar-refractivity contribution is -0.123. The van der Waals surface area contributed by atoms with Crippen LogP contribution >= 0.6 is 0 Å². The van der Waals surface area contributed by atoms with Crippen LogP contribution in [0.4, 0.5) is 0 Å². The van der Waals surface area contributed by atoms with E-state index in [1.807, 2.05) is 0 Å². The molecule has 1 rings (SSSR count). The summed E-state index contributed by atoms with van der Waals surface area (Å²) < 4.78 is 0. The van der Waals surface area contributed by atoms with Gasteiger partial charge in [-0.1, -0.05) is 45.4 Å². The van der Waals surface area contributed by atoms with E-state index in [2.05, 4.69) is 17.1 Å². The number of likely N-dealkylation sites (tertiary alicyclic amines) is 1. The molecule has 0 aromatic carbocycles. The number of carbonyl (C=O) groups is 1. The van der Waals surface area contributed by atoms with Gasteiger partial charge in [-0.2, -0.15) is 0 Å². The molecule has 1 aliphatic rings. The van der Waals surface area contributed by atoms with Gasteiger partial charge in [0.25, 0.3) is 0 Å². The number of carbonyl (C=O) groups excluding carboxylic acids is 1. The van der Waals surface area contributed by atoms with E-state index >= 15 is 0 Å². The Morgan fingerprint density at radius 1 is 1.10 bits per heavy atom. The number of piperidine rings is 1. The third-order valence-corrected chi connectivity index (χ3v) is 4.17. The van der Waals surface area contributed by atoms with Crippen molar-refractivity contribution in [3.63, 3.8) is 0 Å². The number of nitrogens with zero attached hydrogens (tertiary/aromatic N) is 1. The average Bonchev–Trinajstić information content (AvgIpc) is 2.42. The molecule has 3 atom stereocenters. The van der Waals surface area contributed by atoms with Crippen LogP contribution in [0.5, 0.6) is 0 Å². The molecule has 5 heteroatoms. The number of amides is 1. The lowest BCUT2D eigenvalue weighted by Crippen LogP contribution is -2.61. The van der Waals surface area contributed by atoms with Gasteiger partial charge in [0.15, 0.2) is 0 Å². The number of rotatable bonds is 9. The van der Waals surface area contributed by atoms with Gasteiger partial charge in [0.1, 0.15) is 6.10 Å². The monoisotopic (exact) mass is 300 g/mol. The van der Waals surface area contributed by atoms with E-state index in [1.54, 1.807) is 0 Å². The van der Waals surface area contributed by atoms with Crippen LogP contribution in [-0.4, -0.2) is 58.9 Å². The van der Waals surface area contributed by atoms with Crippen molar-refractivity contribution in [3.8, 4) is 0 Å². The van der Waals surface area contributed by atoms with Gasteiger partial charge in [-0.3, -0.25) is 9.69 Å². The molecule has 1 saturated heterocycles. The van der Waals surface area contributed by atoms with Gasteiger partial charge < -0.3 is 15.5 Å². The van der Waals surface area contributed by atoms with E-state index < -0.39 is 12.2 Å². The predicted octanol–water partition coefficient (Wildman–Crippen LogP) is 1.28. The zero-order valence-corrected chi connectivity index (χ0v) is 13.6. The Morgan fingerprint density at radius 3 is 2.33 bits per heavy atom. The highest BCUT2D eigenvalue weighted by molar-refractivity contribution is 5.73. The molecule has 1 fully saturated rings. The second-order valence-electron chi connectivity index (χ2n) is 6.25. The fraction of sp³-hybridized carbons (Fsp3) is 0.938. The normalized spacial score (nSPS) is 26.8. The van der Waals surface area contributed by atoms with Crippen molar-refractivity contribution in [1.29, 1.82) is 0 Å². The van der Waals surface area contributed by atoms with E-state index in [1.165, 1.54) is 45.4 Å². The maximum absolute atomic E-state index is 11.1. The third-order valence-electron chi connectivity index (χ3n) is 4.17. The highest BCUT2D eigenvalue weighted by Crippen LogP contribution is 2.14. The van der Waals surface area contributed by atoms with Gasteiger partial charge in [0.2, 0.25) is 5.91 Å². The van der Waals surface area contributed by atoms with Crippen molar-refractivity contribution in [1.82, 2.24) is 10.2 Å². The second kappa shape index (κ2) is 10.1. The molecule has 0 aromatic heterocycles. The Labute approximate surface area is 128 Å². The molecule has 0 aromatic rings. The summed E-state index contributed by atoms with van der Waals surface area (Å²) >= 11 is 0. The Bertz CT molecular complexity index is 299. The largest absolute Gasteiger partial charge is 0.389 e. The highest BCUT2D eigenvalue weighted by atomic mass is 16.3. The summed E-state index contributed by atoms with van der Waals surface area (Å²) in [7, 11) is 0. The van der Waals surface area contributed by atoms with Gasteiger partial charge in [-0.15, -0.1) is 0 Å². The van der Waals surface area contributed by atoms with Crippen LogP contribution in [0.2, 0.25) is 0 Å². The third kappa shape index (κ3) is 7.25. The number of hydrogen-bond acceptors (Lipinski definition) is 4. The first-order chi connectivity index (χ1) is 10.0. The maximum Gasteiger partial charge on any atom is 0.217 e. The van der Waals surface area contributed by atoms with Crippen molar-refractivity contribution in [2.45, 2.75) is 77.0 Å². The molecule has 1 amide bonds. The number of hydrogen-bond donors (Lipinski definition) is 3. The van der Waals surface area contributed by atoms with Gasteiger partial charge in [0, 0.05) is 20.0 Å². The first-order valence-corrected chi connectivity index (χ1v) is 8.40. The molecule has 21 heavy (non-hydrogen) atoms. The van der Waals surface area contributed by atoms with Crippen LogP contribution in [0.1, 0.15) is 58.8 Å². The molecule has 1 aliphatic heterocycles. The van der Waals surface area contributed by atoms with E-state index in [0.29, 0.717) is 13.1 Å². The zero-order valence-electron chi connectivity index (χ0n) is 13.6. The lowest BCUT2D eigenvalue weighted by Gasteiger charge is -2.39. The standard InChI is InChI=1S/C16H32N2O3/c1-3-4-5-6-7-8-9-10-18-11-14(17-13(2)19)16(21)15(20)12-18/h14-16,20-21H,3-12H2,1-2H3,(H,17,19)/t14-,15+,16+/m1/s1. The fourth-order valence-corrected chi connectivity index (χ4v) is 2.97. The maximum atomic E-state index is 11.1.